The van der Waals surface area contributed by atoms with Crippen LogP contribution in [0, 0.1) is 10.1 Å². The molecule has 2 amide bonds. The minimum atomic E-state index is -0.713. The first kappa shape index (κ1) is 19.1. The van der Waals surface area contributed by atoms with Gasteiger partial charge in [-0.1, -0.05) is 30.3 Å². The van der Waals surface area contributed by atoms with Crippen molar-refractivity contribution in [2.45, 2.75) is 50.7 Å². The zero-order valence-corrected chi connectivity index (χ0v) is 16.2. The van der Waals surface area contributed by atoms with Gasteiger partial charge < -0.3 is 10.2 Å². The van der Waals surface area contributed by atoms with Crippen molar-refractivity contribution in [3.63, 3.8) is 0 Å². The Bertz CT molecular complexity index is 970. The van der Waals surface area contributed by atoms with Crippen LogP contribution in [-0.4, -0.2) is 33.7 Å². The number of non-ortho nitro benzene ring substituents is 1. The summed E-state index contributed by atoms with van der Waals surface area (Å²) in [7, 11) is 0. The second kappa shape index (κ2) is 7.66. The molecule has 0 aromatic heterocycles. The van der Waals surface area contributed by atoms with Crippen LogP contribution in [0.25, 0.3) is 0 Å². The molecule has 2 aromatic rings. The summed E-state index contributed by atoms with van der Waals surface area (Å²) in [6.07, 6.45) is 3.81. The summed E-state index contributed by atoms with van der Waals surface area (Å²) >= 11 is 0. The van der Waals surface area contributed by atoms with Gasteiger partial charge in [-0.25, -0.2) is 0 Å². The molecule has 1 fully saturated rings. The molecule has 1 N–H and O–H groups in total. The van der Waals surface area contributed by atoms with Gasteiger partial charge in [0.15, 0.2) is 0 Å². The lowest BCUT2D eigenvalue weighted by atomic mass is 10.1. The Kier molecular flexibility index (Phi) is 5.05. The number of nitro groups is 1. The molecule has 2 atom stereocenters. The van der Waals surface area contributed by atoms with Crippen LogP contribution in [0.4, 0.5) is 5.69 Å². The monoisotopic (exact) mass is 393 g/mol. The smallest absolute Gasteiger partial charge is 0.270 e. The van der Waals surface area contributed by atoms with Crippen LogP contribution < -0.4 is 5.32 Å². The van der Waals surface area contributed by atoms with E-state index in [2.05, 4.69) is 17.4 Å². The molecule has 2 aliphatic carbocycles. The Hall–Kier alpha value is -3.22. The fourth-order valence-electron chi connectivity index (χ4n) is 4.09. The molecule has 2 aromatic carbocycles. The largest absolute Gasteiger partial charge is 0.341 e. The predicted octanol–water partition coefficient (Wildman–Crippen LogP) is 3.39. The molecule has 7 nitrogen and oxygen atoms in total. The molecule has 0 spiro atoms. The SMILES string of the molecule is CC(NC(=O)c1cccc([N+](=O)[O-])c1)C(=O)N(C1CC1)C1CCc2ccccc21. The first-order chi connectivity index (χ1) is 14.0. The number of carbonyl (C=O) groups is 2. The number of hydrogen-bond donors (Lipinski definition) is 1. The molecule has 0 heterocycles. The maximum atomic E-state index is 13.3. The fraction of sp³-hybridized carbons (Fsp3) is 0.364. The maximum absolute atomic E-state index is 13.3. The summed E-state index contributed by atoms with van der Waals surface area (Å²) in [5.74, 6) is -0.592. The number of fused-ring (bicyclic) bond motifs is 1. The number of aryl methyl sites for hydroxylation is 1. The number of amides is 2. The minimum absolute atomic E-state index is 0.0448. The number of nitro benzene ring substituents is 1. The first-order valence-corrected chi connectivity index (χ1v) is 9.91. The van der Waals surface area contributed by atoms with E-state index in [-0.39, 0.29) is 29.2 Å². The van der Waals surface area contributed by atoms with E-state index in [0.717, 1.165) is 25.7 Å². The summed E-state index contributed by atoms with van der Waals surface area (Å²) in [4.78, 5) is 38.2. The fourth-order valence-corrected chi connectivity index (χ4v) is 4.09. The molecule has 7 heteroatoms. The molecule has 2 aliphatic rings. The summed E-state index contributed by atoms with van der Waals surface area (Å²) in [6.45, 7) is 1.67. The van der Waals surface area contributed by atoms with Crippen molar-refractivity contribution in [3.8, 4) is 0 Å². The highest BCUT2D eigenvalue weighted by molar-refractivity contribution is 5.98. The van der Waals surface area contributed by atoms with Crippen LogP contribution in [0.15, 0.2) is 48.5 Å². The summed E-state index contributed by atoms with van der Waals surface area (Å²) in [5, 5.41) is 13.7. The molecule has 150 valence electrons. The van der Waals surface area contributed by atoms with E-state index < -0.39 is 16.9 Å². The van der Waals surface area contributed by atoms with Gasteiger partial charge in [-0.2, -0.15) is 0 Å². The number of benzene rings is 2. The maximum Gasteiger partial charge on any atom is 0.270 e. The van der Waals surface area contributed by atoms with E-state index in [1.54, 1.807) is 6.92 Å². The van der Waals surface area contributed by atoms with Gasteiger partial charge >= 0.3 is 0 Å². The lowest BCUT2D eigenvalue weighted by molar-refractivity contribution is -0.384. The second-order valence-electron chi connectivity index (χ2n) is 7.73. The molecule has 0 saturated heterocycles. The van der Waals surface area contributed by atoms with Gasteiger partial charge in [0.25, 0.3) is 11.6 Å². The molecular formula is C22H23N3O4. The molecule has 29 heavy (non-hydrogen) atoms. The van der Waals surface area contributed by atoms with Crippen molar-refractivity contribution in [1.82, 2.24) is 10.2 Å². The summed E-state index contributed by atoms with van der Waals surface area (Å²) in [5.41, 5.74) is 2.50. The molecule has 0 bridgehead atoms. The number of carbonyl (C=O) groups excluding carboxylic acids is 2. The zero-order chi connectivity index (χ0) is 20.5. The van der Waals surface area contributed by atoms with Gasteiger partial charge in [0.2, 0.25) is 5.91 Å². The number of nitrogens with one attached hydrogen (secondary N) is 1. The Labute approximate surface area is 168 Å². The Morgan fingerprint density at radius 1 is 1.14 bits per heavy atom. The minimum Gasteiger partial charge on any atom is -0.341 e. The van der Waals surface area contributed by atoms with Gasteiger partial charge in [0.1, 0.15) is 6.04 Å². The normalized spacial score (nSPS) is 18.6. The van der Waals surface area contributed by atoms with E-state index in [9.17, 15) is 19.7 Å². The number of hydrogen-bond acceptors (Lipinski definition) is 4. The molecular weight excluding hydrogens is 370 g/mol. The lowest BCUT2D eigenvalue weighted by Crippen LogP contribution is -2.48. The van der Waals surface area contributed by atoms with Crippen LogP contribution in [0.3, 0.4) is 0 Å². The highest BCUT2D eigenvalue weighted by Gasteiger charge is 2.41. The molecule has 0 radical (unpaired) electrons. The molecule has 1 saturated carbocycles. The summed E-state index contributed by atoms with van der Waals surface area (Å²) in [6, 6.07) is 13.3. The number of rotatable bonds is 6. The van der Waals surface area contributed by atoms with E-state index >= 15 is 0 Å². The third-order valence-corrected chi connectivity index (χ3v) is 5.67. The van der Waals surface area contributed by atoms with Gasteiger partial charge in [0.05, 0.1) is 11.0 Å². The van der Waals surface area contributed by atoms with Crippen LogP contribution >= 0.6 is 0 Å². The molecule has 0 aliphatic heterocycles. The Morgan fingerprint density at radius 2 is 1.90 bits per heavy atom. The van der Waals surface area contributed by atoms with Crippen molar-refractivity contribution in [1.29, 1.82) is 0 Å². The zero-order valence-electron chi connectivity index (χ0n) is 16.2. The second-order valence-corrected chi connectivity index (χ2v) is 7.73. The van der Waals surface area contributed by atoms with Gasteiger partial charge in [-0.05, 0) is 49.8 Å². The molecule has 4 rings (SSSR count). The van der Waals surface area contributed by atoms with Crippen molar-refractivity contribution in [3.05, 3.63) is 75.3 Å². The third-order valence-electron chi connectivity index (χ3n) is 5.67. The van der Waals surface area contributed by atoms with E-state index in [4.69, 9.17) is 0 Å². The van der Waals surface area contributed by atoms with Crippen molar-refractivity contribution >= 4 is 17.5 Å². The Balaban J connectivity index is 1.50. The average Bonchev–Trinajstić information content (AvgIpc) is 3.47. The van der Waals surface area contributed by atoms with E-state index in [1.165, 1.54) is 35.4 Å². The first-order valence-electron chi connectivity index (χ1n) is 9.91. The highest BCUT2D eigenvalue weighted by atomic mass is 16.6. The van der Waals surface area contributed by atoms with Crippen LogP contribution in [0.5, 0.6) is 0 Å². The third kappa shape index (κ3) is 3.85. The van der Waals surface area contributed by atoms with E-state index in [0.29, 0.717) is 0 Å². The highest BCUT2D eigenvalue weighted by Crippen LogP contribution is 2.42. The van der Waals surface area contributed by atoms with Gasteiger partial charge in [-0.15, -0.1) is 0 Å². The van der Waals surface area contributed by atoms with Crippen molar-refractivity contribution < 1.29 is 14.5 Å². The molecule has 2 unspecified atom stereocenters. The van der Waals surface area contributed by atoms with Gasteiger partial charge in [0, 0.05) is 23.7 Å². The average molecular weight is 393 g/mol. The quantitative estimate of drug-likeness (QED) is 0.601. The summed E-state index contributed by atoms with van der Waals surface area (Å²) < 4.78 is 0. The van der Waals surface area contributed by atoms with Gasteiger partial charge in [-0.3, -0.25) is 19.7 Å². The number of nitrogens with zero attached hydrogens (tertiary/aromatic N) is 2. The van der Waals surface area contributed by atoms with Crippen LogP contribution in [0.1, 0.15) is 53.7 Å². The topological polar surface area (TPSA) is 92.5 Å². The lowest BCUT2D eigenvalue weighted by Gasteiger charge is -2.32. The standard InChI is InChI=1S/C22H23N3O4/c1-14(23-21(26)16-6-4-7-18(13-16)25(28)29)22(27)24(17-10-11-17)20-12-9-15-5-2-3-8-19(15)20/h2-8,13-14,17,20H,9-12H2,1H3,(H,23,26). The van der Waals surface area contributed by atoms with E-state index in [1.807, 2.05) is 17.0 Å². The van der Waals surface area contributed by atoms with Crippen molar-refractivity contribution in [2.24, 2.45) is 0 Å². The van der Waals surface area contributed by atoms with Crippen molar-refractivity contribution in [2.75, 3.05) is 0 Å². The van der Waals surface area contributed by atoms with Crippen LogP contribution in [-0.2, 0) is 11.2 Å². The van der Waals surface area contributed by atoms with Crippen LogP contribution in [0.2, 0.25) is 0 Å². The Morgan fingerprint density at radius 3 is 2.62 bits per heavy atom. The predicted molar refractivity (Wildman–Crippen MR) is 107 cm³/mol.